The van der Waals surface area contributed by atoms with E-state index in [9.17, 15) is 5.11 Å². The highest BCUT2D eigenvalue weighted by Gasteiger charge is 2.26. The molecule has 3 aromatic carbocycles. The number of rotatable bonds is 2. The highest BCUT2D eigenvalue weighted by atomic mass is 16.3. The van der Waals surface area contributed by atoms with Crippen LogP contribution in [0.2, 0.25) is 0 Å². The summed E-state index contributed by atoms with van der Waals surface area (Å²) in [4.78, 5) is 4.96. The summed E-state index contributed by atoms with van der Waals surface area (Å²) < 4.78 is 0. The quantitative estimate of drug-likeness (QED) is 0.490. The number of nitrogens with zero attached hydrogens (tertiary/aromatic N) is 1. The number of hydrogen-bond donors (Lipinski definition) is 1. The molecule has 0 spiro atoms. The first kappa shape index (κ1) is 15.8. The lowest BCUT2D eigenvalue weighted by Gasteiger charge is -2.24. The van der Waals surface area contributed by atoms with Crippen LogP contribution in [-0.2, 0) is 12.8 Å². The van der Waals surface area contributed by atoms with Crippen LogP contribution in [0.15, 0.2) is 84.9 Å². The molecule has 0 atom stereocenters. The Morgan fingerprint density at radius 3 is 2.00 bits per heavy atom. The second-order valence-corrected chi connectivity index (χ2v) is 6.90. The number of aryl methyl sites for hydroxylation is 1. The van der Waals surface area contributed by atoms with Gasteiger partial charge < -0.3 is 5.11 Å². The van der Waals surface area contributed by atoms with Gasteiger partial charge in [0.25, 0.3) is 0 Å². The lowest BCUT2D eigenvalue weighted by molar-refractivity contribution is 0.476. The summed E-state index contributed by atoms with van der Waals surface area (Å²) in [5.74, 6) is 0.269. The molecule has 0 radical (unpaired) electrons. The smallest absolute Gasteiger partial charge is 0.149 e. The second-order valence-electron chi connectivity index (χ2n) is 6.90. The molecular weight excluding hydrogens is 330 g/mol. The van der Waals surface area contributed by atoms with Crippen LogP contribution in [0.4, 0.5) is 0 Å². The molecule has 1 aliphatic carbocycles. The summed E-state index contributed by atoms with van der Waals surface area (Å²) >= 11 is 0. The highest BCUT2D eigenvalue weighted by Crippen LogP contribution is 2.45. The minimum atomic E-state index is 0.269. The first-order valence-electron chi connectivity index (χ1n) is 9.28. The number of fused-ring (bicyclic) bond motifs is 3. The van der Waals surface area contributed by atoms with Gasteiger partial charge in [-0.15, -0.1) is 0 Å². The zero-order valence-electron chi connectivity index (χ0n) is 14.9. The van der Waals surface area contributed by atoms with Crippen molar-refractivity contribution < 1.29 is 5.11 Å². The van der Waals surface area contributed by atoms with E-state index in [0.29, 0.717) is 5.69 Å². The maximum atomic E-state index is 11.2. The van der Waals surface area contributed by atoms with E-state index in [-0.39, 0.29) is 5.75 Å². The summed E-state index contributed by atoms with van der Waals surface area (Å²) in [7, 11) is 0. The molecule has 0 aliphatic heterocycles. The second kappa shape index (κ2) is 6.40. The summed E-state index contributed by atoms with van der Waals surface area (Å²) in [6.45, 7) is 0. The Balaban J connectivity index is 1.86. The molecule has 5 rings (SSSR count). The lowest BCUT2D eigenvalue weighted by atomic mass is 9.83. The van der Waals surface area contributed by atoms with Crippen molar-refractivity contribution >= 4 is 0 Å². The van der Waals surface area contributed by atoms with E-state index < -0.39 is 0 Å². The van der Waals surface area contributed by atoms with E-state index in [0.717, 1.165) is 40.8 Å². The van der Waals surface area contributed by atoms with E-state index in [1.807, 2.05) is 48.5 Å². The van der Waals surface area contributed by atoms with E-state index >= 15 is 0 Å². The van der Waals surface area contributed by atoms with Gasteiger partial charge >= 0.3 is 0 Å². The summed E-state index contributed by atoms with van der Waals surface area (Å²) in [6, 6.07) is 28.5. The molecule has 1 N–H and O–H groups in total. The Morgan fingerprint density at radius 1 is 0.630 bits per heavy atom. The Kier molecular flexibility index (Phi) is 3.75. The number of benzene rings is 3. The molecule has 0 amide bonds. The van der Waals surface area contributed by atoms with Crippen LogP contribution < -0.4 is 0 Å². The molecule has 0 saturated heterocycles. The van der Waals surface area contributed by atoms with Crippen LogP contribution >= 0.6 is 0 Å². The van der Waals surface area contributed by atoms with Crippen molar-refractivity contribution in [2.45, 2.75) is 12.8 Å². The zero-order chi connectivity index (χ0) is 18.2. The first-order chi connectivity index (χ1) is 13.3. The van der Waals surface area contributed by atoms with Gasteiger partial charge in [0.2, 0.25) is 0 Å². The van der Waals surface area contributed by atoms with Crippen molar-refractivity contribution in [1.29, 1.82) is 0 Å². The molecule has 130 valence electrons. The molecule has 1 heterocycles. The molecule has 1 aromatic heterocycles. The van der Waals surface area contributed by atoms with Gasteiger partial charge in [0.05, 0.1) is 5.69 Å². The van der Waals surface area contributed by atoms with Gasteiger partial charge in [-0.25, -0.2) is 4.98 Å². The summed E-state index contributed by atoms with van der Waals surface area (Å²) in [5, 5.41) is 11.2. The van der Waals surface area contributed by atoms with Crippen molar-refractivity contribution in [3.8, 4) is 39.4 Å². The first-order valence-corrected chi connectivity index (χ1v) is 9.28. The van der Waals surface area contributed by atoms with Crippen LogP contribution in [0, 0.1) is 0 Å². The monoisotopic (exact) mass is 349 g/mol. The fraction of sp³-hybridized carbons (Fsp3) is 0.0800. The molecule has 1 aliphatic rings. The predicted octanol–water partition coefficient (Wildman–Crippen LogP) is 5.89. The maximum Gasteiger partial charge on any atom is 0.149 e. The maximum absolute atomic E-state index is 11.2. The van der Waals surface area contributed by atoms with Crippen LogP contribution in [-0.4, -0.2) is 10.1 Å². The number of pyridine rings is 1. The van der Waals surface area contributed by atoms with Crippen LogP contribution in [0.1, 0.15) is 11.1 Å². The van der Waals surface area contributed by atoms with Gasteiger partial charge in [-0.1, -0.05) is 84.9 Å². The third-order valence-corrected chi connectivity index (χ3v) is 5.30. The van der Waals surface area contributed by atoms with Crippen molar-refractivity contribution in [2.24, 2.45) is 0 Å². The molecule has 0 fully saturated rings. The van der Waals surface area contributed by atoms with Crippen molar-refractivity contribution in [1.82, 2.24) is 4.98 Å². The molecule has 0 unspecified atom stereocenters. The fourth-order valence-corrected chi connectivity index (χ4v) is 4.02. The Morgan fingerprint density at radius 2 is 1.26 bits per heavy atom. The zero-order valence-corrected chi connectivity index (χ0v) is 14.9. The van der Waals surface area contributed by atoms with E-state index in [2.05, 4.69) is 36.4 Å². The summed E-state index contributed by atoms with van der Waals surface area (Å²) in [5.41, 5.74) is 8.14. The van der Waals surface area contributed by atoms with Crippen molar-refractivity contribution in [3.05, 3.63) is 96.1 Å². The topological polar surface area (TPSA) is 33.1 Å². The van der Waals surface area contributed by atoms with Gasteiger partial charge in [0.15, 0.2) is 0 Å². The molecule has 2 heteroatoms. The normalized spacial score (nSPS) is 12.3. The standard InChI is InChI=1S/C25H19NO/c27-25-22(18-10-3-1-4-11-18)21-16-15-17-9-7-8-14-20(17)24(21)26-23(25)19-12-5-2-6-13-19/h1-14,27H,15-16H2. The Bertz CT molecular complexity index is 1120. The SMILES string of the molecule is Oc1c(-c2ccccc2)nc2c(c1-c1ccccc1)CCc1ccccc1-2. The molecule has 0 saturated carbocycles. The Hall–Kier alpha value is -3.39. The van der Waals surface area contributed by atoms with Crippen molar-refractivity contribution in [2.75, 3.05) is 0 Å². The lowest BCUT2D eigenvalue weighted by Crippen LogP contribution is -2.09. The average Bonchev–Trinajstić information content (AvgIpc) is 2.74. The van der Waals surface area contributed by atoms with Crippen molar-refractivity contribution in [3.63, 3.8) is 0 Å². The number of aromatic nitrogens is 1. The van der Waals surface area contributed by atoms with Gasteiger partial charge in [-0.05, 0) is 29.5 Å². The third kappa shape index (κ3) is 2.61. The van der Waals surface area contributed by atoms with Gasteiger partial charge in [0.1, 0.15) is 11.4 Å². The Labute approximate surface area is 158 Å². The minimum Gasteiger partial charge on any atom is -0.505 e. The van der Waals surface area contributed by atoms with Gasteiger partial charge in [-0.3, -0.25) is 0 Å². The third-order valence-electron chi connectivity index (χ3n) is 5.30. The molecule has 0 bridgehead atoms. The summed E-state index contributed by atoms with van der Waals surface area (Å²) in [6.07, 6.45) is 1.85. The molecule has 4 aromatic rings. The van der Waals surface area contributed by atoms with E-state index in [1.54, 1.807) is 0 Å². The average molecular weight is 349 g/mol. The fourth-order valence-electron chi connectivity index (χ4n) is 4.02. The van der Waals surface area contributed by atoms with E-state index in [4.69, 9.17) is 4.98 Å². The van der Waals surface area contributed by atoms with Gasteiger partial charge in [-0.2, -0.15) is 0 Å². The largest absolute Gasteiger partial charge is 0.505 e. The van der Waals surface area contributed by atoms with E-state index in [1.165, 1.54) is 11.1 Å². The van der Waals surface area contributed by atoms with Crippen LogP contribution in [0.25, 0.3) is 33.6 Å². The minimum absolute atomic E-state index is 0.269. The molecule has 2 nitrogen and oxygen atoms in total. The molecule has 27 heavy (non-hydrogen) atoms. The number of aromatic hydroxyl groups is 1. The molecular formula is C25H19NO. The highest BCUT2D eigenvalue weighted by molar-refractivity contribution is 5.88. The number of hydrogen-bond acceptors (Lipinski definition) is 2. The van der Waals surface area contributed by atoms with Gasteiger partial charge in [0, 0.05) is 16.7 Å². The predicted molar refractivity (Wildman–Crippen MR) is 110 cm³/mol. The van der Waals surface area contributed by atoms with Crippen LogP contribution in [0.5, 0.6) is 5.75 Å². The van der Waals surface area contributed by atoms with Crippen LogP contribution in [0.3, 0.4) is 0 Å².